The van der Waals surface area contributed by atoms with Crippen LogP contribution >= 0.6 is 15.9 Å². The van der Waals surface area contributed by atoms with Gasteiger partial charge in [-0.1, -0.05) is 82.7 Å². The van der Waals surface area contributed by atoms with E-state index in [4.69, 9.17) is 4.74 Å². The summed E-state index contributed by atoms with van der Waals surface area (Å²) in [6, 6.07) is 26.9. The lowest BCUT2D eigenvalue weighted by molar-refractivity contribution is 0.286. The van der Waals surface area contributed by atoms with Gasteiger partial charge in [0.1, 0.15) is 6.61 Å². The van der Waals surface area contributed by atoms with E-state index in [0.29, 0.717) is 5.92 Å². The van der Waals surface area contributed by atoms with Crippen LogP contribution in [0.15, 0.2) is 102 Å². The highest BCUT2D eigenvalue weighted by molar-refractivity contribution is 9.10. The molecule has 0 aromatic heterocycles. The zero-order valence-corrected chi connectivity index (χ0v) is 19.0. The molecule has 0 radical (unpaired) electrons. The minimum atomic E-state index is 0.638. The van der Waals surface area contributed by atoms with Crippen LogP contribution in [0.3, 0.4) is 0 Å². The van der Waals surface area contributed by atoms with E-state index in [1.165, 1.54) is 45.5 Å². The van der Waals surface area contributed by atoms with Crippen molar-refractivity contribution in [1.29, 1.82) is 0 Å². The largest absolute Gasteiger partial charge is 0.497 e. The molecule has 0 saturated carbocycles. The minimum absolute atomic E-state index is 0.638. The highest BCUT2D eigenvalue weighted by Gasteiger charge is 2.22. The Morgan fingerprint density at radius 1 is 0.774 bits per heavy atom. The van der Waals surface area contributed by atoms with Crippen LogP contribution in [0, 0.1) is 0 Å². The molecule has 6 rings (SSSR count). The predicted octanol–water partition coefficient (Wildman–Crippen LogP) is 8.11. The SMILES string of the molecule is Brc1ccc(C2CCc3c(ccc4c3ccc3ccccc34)C2)cc1.C1=CCOC=C1. The summed E-state index contributed by atoms with van der Waals surface area (Å²) in [5.74, 6) is 0.638. The Hall–Kier alpha value is -2.84. The molecule has 1 aliphatic heterocycles. The van der Waals surface area contributed by atoms with Gasteiger partial charge in [0.2, 0.25) is 0 Å². The summed E-state index contributed by atoms with van der Waals surface area (Å²) in [4.78, 5) is 0. The van der Waals surface area contributed by atoms with Crippen molar-refractivity contribution in [3.05, 3.63) is 118 Å². The van der Waals surface area contributed by atoms with Gasteiger partial charge in [0.15, 0.2) is 0 Å². The van der Waals surface area contributed by atoms with Crippen LogP contribution in [-0.2, 0) is 17.6 Å². The molecule has 1 atom stereocenters. The van der Waals surface area contributed by atoms with E-state index in [9.17, 15) is 0 Å². The van der Waals surface area contributed by atoms with Crippen LogP contribution < -0.4 is 0 Å². The van der Waals surface area contributed by atoms with Crippen molar-refractivity contribution in [2.45, 2.75) is 25.2 Å². The summed E-state index contributed by atoms with van der Waals surface area (Å²) < 4.78 is 5.96. The molecule has 0 amide bonds. The van der Waals surface area contributed by atoms with E-state index in [-0.39, 0.29) is 0 Å². The monoisotopic (exact) mass is 468 g/mol. The van der Waals surface area contributed by atoms with Crippen molar-refractivity contribution in [3.8, 4) is 0 Å². The summed E-state index contributed by atoms with van der Waals surface area (Å²) in [5.41, 5.74) is 4.56. The number of ether oxygens (including phenoxy) is 1. The maximum Gasteiger partial charge on any atom is 0.106 e. The van der Waals surface area contributed by atoms with Crippen molar-refractivity contribution in [3.63, 3.8) is 0 Å². The first-order valence-corrected chi connectivity index (χ1v) is 11.7. The molecular weight excluding hydrogens is 444 g/mol. The molecular formula is C29H25BrO. The van der Waals surface area contributed by atoms with Crippen molar-refractivity contribution >= 4 is 37.5 Å². The van der Waals surface area contributed by atoms with Crippen molar-refractivity contribution in [1.82, 2.24) is 0 Å². The zero-order valence-electron chi connectivity index (χ0n) is 17.4. The molecule has 4 aromatic rings. The van der Waals surface area contributed by atoms with Gasteiger partial charge in [-0.05, 0) is 87.7 Å². The van der Waals surface area contributed by atoms with Gasteiger partial charge in [-0.3, -0.25) is 0 Å². The number of benzene rings is 4. The van der Waals surface area contributed by atoms with Crippen LogP contribution in [0.5, 0.6) is 0 Å². The molecule has 0 N–H and O–H groups in total. The third-order valence-electron chi connectivity index (χ3n) is 6.30. The van der Waals surface area contributed by atoms with E-state index in [1.807, 2.05) is 18.2 Å². The summed E-state index contributed by atoms with van der Waals surface area (Å²) in [6.07, 6.45) is 11.0. The highest BCUT2D eigenvalue weighted by atomic mass is 79.9. The fourth-order valence-electron chi connectivity index (χ4n) is 4.73. The maximum absolute atomic E-state index is 4.80. The Labute approximate surface area is 192 Å². The summed E-state index contributed by atoms with van der Waals surface area (Å²) in [5, 5.41) is 5.56. The first kappa shape index (κ1) is 20.1. The van der Waals surface area contributed by atoms with Crippen LogP contribution in [0.4, 0.5) is 0 Å². The first-order valence-electron chi connectivity index (χ1n) is 10.9. The van der Waals surface area contributed by atoms with Crippen molar-refractivity contribution < 1.29 is 4.74 Å². The van der Waals surface area contributed by atoms with Gasteiger partial charge in [-0.15, -0.1) is 0 Å². The molecule has 1 unspecified atom stereocenters. The predicted molar refractivity (Wildman–Crippen MR) is 135 cm³/mol. The molecule has 154 valence electrons. The maximum atomic E-state index is 4.80. The van der Waals surface area contributed by atoms with Gasteiger partial charge < -0.3 is 4.74 Å². The second-order valence-electron chi connectivity index (χ2n) is 8.17. The molecule has 1 heterocycles. The Kier molecular flexibility index (Phi) is 5.90. The fraction of sp³-hybridized carbons (Fsp3) is 0.172. The van der Waals surface area contributed by atoms with Gasteiger partial charge in [-0.2, -0.15) is 0 Å². The van der Waals surface area contributed by atoms with Crippen LogP contribution in [0.25, 0.3) is 21.5 Å². The molecule has 2 aliphatic rings. The average Bonchev–Trinajstić information content (AvgIpc) is 2.85. The van der Waals surface area contributed by atoms with Gasteiger partial charge in [-0.25, -0.2) is 0 Å². The lowest BCUT2D eigenvalue weighted by Crippen LogP contribution is -2.13. The topological polar surface area (TPSA) is 9.23 Å². The molecule has 31 heavy (non-hydrogen) atoms. The molecule has 0 fully saturated rings. The van der Waals surface area contributed by atoms with Gasteiger partial charge in [0.05, 0.1) is 6.26 Å². The van der Waals surface area contributed by atoms with E-state index in [0.717, 1.165) is 17.5 Å². The quantitative estimate of drug-likeness (QED) is 0.256. The Morgan fingerprint density at radius 3 is 2.35 bits per heavy atom. The van der Waals surface area contributed by atoms with E-state index >= 15 is 0 Å². The second kappa shape index (κ2) is 9.11. The van der Waals surface area contributed by atoms with Crippen molar-refractivity contribution in [2.75, 3.05) is 6.61 Å². The second-order valence-corrected chi connectivity index (χ2v) is 9.08. The molecule has 1 aliphatic carbocycles. The van der Waals surface area contributed by atoms with Crippen LogP contribution in [0.2, 0.25) is 0 Å². The average molecular weight is 469 g/mol. The van der Waals surface area contributed by atoms with Crippen molar-refractivity contribution in [2.24, 2.45) is 0 Å². The molecule has 0 spiro atoms. The molecule has 0 saturated heterocycles. The normalized spacial score (nSPS) is 17.0. The highest BCUT2D eigenvalue weighted by Crippen LogP contribution is 2.38. The van der Waals surface area contributed by atoms with Crippen LogP contribution in [0.1, 0.15) is 29.0 Å². The molecule has 2 heteroatoms. The standard InChI is InChI=1S/C24H19Br.C5H6O/c25-20-10-5-16(6-11-20)18-8-12-22-19(15-18)9-14-23-21-4-2-1-3-17(21)7-13-24(22)23;1-2-4-6-5-3-1/h1-7,9-11,13-14,18H,8,12,15H2;1-4H,5H2. The van der Waals surface area contributed by atoms with Gasteiger partial charge in [0.25, 0.3) is 0 Å². The Bertz CT molecular complexity index is 1260. The number of hydrogen-bond acceptors (Lipinski definition) is 1. The molecule has 4 aromatic carbocycles. The molecule has 1 nitrogen and oxygen atoms in total. The minimum Gasteiger partial charge on any atom is -0.497 e. The fourth-order valence-corrected chi connectivity index (χ4v) is 5.00. The third kappa shape index (κ3) is 4.31. The smallest absolute Gasteiger partial charge is 0.106 e. The van der Waals surface area contributed by atoms with Gasteiger partial charge >= 0.3 is 0 Å². The number of allylic oxidation sites excluding steroid dienone is 2. The molecule has 0 bridgehead atoms. The Morgan fingerprint density at radius 2 is 1.61 bits per heavy atom. The number of rotatable bonds is 1. The summed E-state index contributed by atoms with van der Waals surface area (Å²) >= 11 is 3.54. The summed E-state index contributed by atoms with van der Waals surface area (Å²) in [7, 11) is 0. The van der Waals surface area contributed by atoms with E-state index in [1.54, 1.807) is 11.8 Å². The van der Waals surface area contributed by atoms with E-state index in [2.05, 4.69) is 88.7 Å². The Balaban J connectivity index is 0.000000296. The summed E-state index contributed by atoms with van der Waals surface area (Å²) in [6.45, 7) is 0.733. The third-order valence-corrected chi connectivity index (χ3v) is 6.83. The van der Waals surface area contributed by atoms with Crippen LogP contribution in [-0.4, -0.2) is 6.61 Å². The number of hydrogen-bond donors (Lipinski definition) is 0. The van der Waals surface area contributed by atoms with Gasteiger partial charge in [0, 0.05) is 4.47 Å². The lowest BCUT2D eigenvalue weighted by Gasteiger charge is -2.26. The number of fused-ring (bicyclic) bond motifs is 5. The number of halogens is 1. The van der Waals surface area contributed by atoms with E-state index < -0.39 is 0 Å². The zero-order chi connectivity index (χ0) is 21.0. The first-order chi connectivity index (χ1) is 15.3. The number of aryl methyl sites for hydroxylation is 1. The lowest BCUT2D eigenvalue weighted by atomic mass is 9.78.